The quantitative estimate of drug-likeness (QED) is 0.625. The lowest BCUT2D eigenvalue weighted by Gasteiger charge is -2.18. The fourth-order valence-corrected chi connectivity index (χ4v) is 2.78. The summed E-state index contributed by atoms with van der Waals surface area (Å²) in [6, 6.07) is 8.35. The summed E-state index contributed by atoms with van der Waals surface area (Å²) < 4.78 is 0.882. The van der Waals surface area contributed by atoms with E-state index in [2.05, 4.69) is 31.2 Å². The Labute approximate surface area is 146 Å². The number of halogens is 1. The zero-order valence-electron chi connectivity index (χ0n) is 12.5. The van der Waals surface area contributed by atoms with Gasteiger partial charge in [-0.25, -0.2) is 0 Å². The number of benzene rings is 1. The first kappa shape index (κ1) is 16.2. The maximum atomic E-state index is 12.6. The normalized spacial score (nSPS) is 12.0. The Bertz CT molecular complexity index is 889. The van der Waals surface area contributed by atoms with Crippen molar-refractivity contribution in [2.24, 2.45) is 0 Å². The lowest BCUT2D eigenvalue weighted by molar-refractivity contribution is -0.137. The van der Waals surface area contributed by atoms with Crippen molar-refractivity contribution in [3.8, 4) is 0 Å². The smallest absolute Gasteiger partial charge is 0.305 e. The highest BCUT2D eigenvalue weighted by molar-refractivity contribution is 9.10. The number of pyridine rings is 1. The second-order valence-corrected chi connectivity index (χ2v) is 6.22. The summed E-state index contributed by atoms with van der Waals surface area (Å²) in [5.41, 5.74) is 1.88. The SMILES string of the molecule is O=C(O)C[C@@H](NC(=O)c1cncc2[nH]ccc12)c1ccc(Br)cc1. The number of H-pyrrole nitrogens is 1. The molecule has 3 aromatic rings. The minimum atomic E-state index is -0.985. The molecular formula is C17H14BrN3O3. The van der Waals surface area contributed by atoms with Crippen LogP contribution in [-0.4, -0.2) is 27.0 Å². The van der Waals surface area contributed by atoms with Gasteiger partial charge in [-0.1, -0.05) is 28.1 Å². The monoisotopic (exact) mass is 387 g/mol. The van der Waals surface area contributed by atoms with E-state index in [9.17, 15) is 9.59 Å². The second kappa shape index (κ2) is 6.84. The lowest BCUT2D eigenvalue weighted by atomic mass is 10.0. The number of nitrogens with zero attached hydrogens (tertiary/aromatic N) is 1. The number of rotatable bonds is 5. The molecule has 2 heterocycles. The van der Waals surface area contributed by atoms with Crippen molar-refractivity contribution < 1.29 is 14.7 Å². The molecule has 122 valence electrons. The molecule has 0 bridgehead atoms. The molecule has 0 spiro atoms. The minimum absolute atomic E-state index is 0.204. The number of aromatic nitrogens is 2. The number of carbonyl (C=O) groups is 2. The zero-order valence-corrected chi connectivity index (χ0v) is 14.1. The van der Waals surface area contributed by atoms with E-state index in [4.69, 9.17) is 5.11 Å². The Morgan fingerprint density at radius 1 is 1.21 bits per heavy atom. The predicted molar refractivity (Wildman–Crippen MR) is 92.7 cm³/mol. The third-order valence-electron chi connectivity index (χ3n) is 3.68. The fourth-order valence-electron chi connectivity index (χ4n) is 2.52. The van der Waals surface area contributed by atoms with Crippen LogP contribution in [0.4, 0.5) is 0 Å². The first-order valence-corrected chi connectivity index (χ1v) is 8.03. The number of aliphatic carboxylic acids is 1. The molecule has 1 aromatic carbocycles. The van der Waals surface area contributed by atoms with E-state index in [1.807, 2.05) is 12.1 Å². The Balaban J connectivity index is 1.89. The van der Waals surface area contributed by atoms with Crippen LogP contribution in [0.25, 0.3) is 10.9 Å². The molecule has 0 aliphatic rings. The van der Waals surface area contributed by atoms with E-state index in [0.29, 0.717) is 5.56 Å². The maximum Gasteiger partial charge on any atom is 0.305 e. The summed E-state index contributed by atoms with van der Waals surface area (Å²) >= 11 is 3.34. The number of carbonyl (C=O) groups excluding carboxylic acids is 1. The van der Waals surface area contributed by atoms with Crippen molar-refractivity contribution >= 4 is 38.7 Å². The maximum absolute atomic E-state index is 12.6. The molecule has 3 rings (SSSR count). The average Bonchev–Trinajstić information content (AvgIpc) is 3.03. The van der Waals surface area contributed by atoms with Crippen molar-refractivity contribution in [3.63, 3.8) is 0 Å². The highest BCUT2D eigenvalue weighted by Gasteiger charge is 2.20. The van der Waals surface area contributed by atoms with Crippen LogP contribution < -0.4 is 5.32 Å². The van der Waals surface area contributed by atoms with Crippen molar-refractivity contribution in [1.82, 2.24) is 15.3 Å². The van der Waals surface area contributed by atoms with Crippen molar-refractivity contribution in [1.29, 1.82) is 0 Å². The molecule has 7 heteroatoms. The molecule has 1 amide bonds. The van der Waals surface area contributed by atoms with Gasteiger partial charge < -0.3 is 15.4 Å². The molecule has 0 saturated carbocycles. The molecule has 0 unspecified atom stereocenters. The van der Waals surface area contributed by atoms with Crippen LogP contribution >= 0.6 is 15.9 Å². The summed E-state index contributed by atoms with van der Waals surface area (Å²) in [7, 11) is 0. The van der Waals surface area contributed by atoms with Gasteiger partial charge in [0.2, 0.25) is 0 Å². The zero-order chi connectivity index (χ0) is 17.1. The van der Waals surface area contributed by atoms with E-state index >= 15 is 0 Å². The van der Waals surface area contributed by atoms with Crippen molar-refractivity contribution in [2.75, 3.05) is 0 Å². The van der Waals surface area contributed by atoms with E-state index in [-0.39, 0.29) is 12.3 Å². The van der Waals surface area contributed by atoms with Crippen LogP contribution in [0.3, 0.4) is 0 Å². The van der Waals surface area contributed by atoms with Gasteiger partial charge in [0.25, 0.3) is 5.91 Å². The number of aromatic amines is 1. The van der Waals surface area contributed by atoms with E-state index in [0.717, 1.165) is 20.9 Å². The van der Waals surface area contributed by atoms with Gasteiger partial charge in [0.15, 0.2) is 0 Å². The van der Waals surface area contributed by atoms with Crippen LogP contribution in [0.5, 0.6) is 0 Å². The summed E-state index contributed by atoms with van der Waals surface area (Å²) in [6.07, 6.45) is 4.64. The molecule has 6 nitrogen and oxygen atoms in total. The van der Waals surface area contributed by atoms with Crippen molar-refractivity contribution in [3.05, 3.63) is 64.5 Å². The molecule has 24 heavy (non-hydrogen) atoms. The first-order valence-electron chi connectivity index (χ1n) is 7.24. The molecule has 2 aromatic heterocycles. The number of fused-ring (bicyclic) bond motifs is 1. The molecule has 0 fully saturated rings. The lowest BCUT2D eigenvalue weighted by Crippen LogP contribution is -2.30. The Morgan fingerprint density at radius 3 is 2.67 bits per heavy atom. The third kappa shape index (κ3) is 3.46. The number of nitrogens with one attached hydrogen (secondary N) is 2. The fraction of sp³-hybridized carbons (Fsp3) is 0.118. The highest BCUT2D eigenvalue weighted by Crippen LogP contribution is 2.22. The van der Waals surface area contributed by atoms with Gasteiger partial charge in [0, 0.05) is 22.3 Å². The van der Waals surface area contributed by atoms with Gasteiger partial charge in [-0.05, 0) is 23.8 Å². The largest absolute Gasteiger partial charge is 0.481 e. The topological polar surface area (TPSA) is 95.1 Å². The van der Waals surface area contributed by atoms with Gasteiger partial charge in [0.05, 0.1) is 29.7 Å². The van der Waals surface area contributed by atoms with Gasteiger partial charge >= 0.3 is 5.97 Å². The van der Waals surface area contributed by atoms with Crippen LogP contribution in [0.2, 0.25) is 0 Å². The van der Waals surface area contributed by atoms with Gasteiger partial charge in [0.1, 0.15) is 0 Å². The van der Waals surface area contributed by atoms with Gasteiger partial charge in [-0.3, -0.25) is 14.6 Å². The number of amides is 1. The molecule has 0 aliphatic carbocycles. The minimum Gasteiger partial charge on any atom is -0.481 e. The molecule has 1 atom stereocenters. The molecule has 0 aliphatic heterocycles. The van der Waals surface area contributed by atoms with Gasteiger partial charge in [-0.15, -0.1) is 0 Å². The number of hydrogen-bond acceptors (Lipinski definition) is 3. The standard InChI is InChI=1S/C17H14BrN3O3/c18-11-3-1-10(2-4-11)14(7-16(22)23)21-17(24)13-8-19-9-15-12(13)5-6-20-15/h1-6,8-9,14,20H,7H2,(H,21,24)(H,22,23)/t14-/m1/s1. The van der Waals surface area contributed by atoms with E-state index in [1.54, 1.807) is 30.6 Å². The van der Waals surface area contributed by atoms with Gasteiger partial charge in [-0.2, -0.15) is 0 Å². The third-order valence-corrected chi connectivity index (χ3v) is 4.21. The average molecular weight is 388 g/mol. The summed E-state index contributed by atoms with van der Waals surface area (Å²) in [4.78, 5) is 30.8. The summed E-state index contributed by atoms with van der Waals surface area (Å²) in [6.45, 7) is 0. The first-order chi connectivity index (χ1) is 11.5. The highest BCUT2D eigenvalue weighted by atomic mass is 79.9. The predicted octanol–water partition coefficient (Wildman–Crippen LogP) is 3.27. The molecule has 0 radical (unpaired) electrons. The van der Waals surface area contributed by atoms with Crippen LogP contribution in [0.15, 0.2) is 53.4 Å². The Hall–Kier alpha value is -2.67. The number of carboxylic acid groups (broad SMARTS) is 1. The Kier molecular flexibility index (Phi) is 4.61. The second-order valence-electron chi connectivity index (χ2n) is 5.30. The van der Waals surface area contributed by atoms with Crippen molar-refractivity contribution in [2.45, 2.75) is 12.5 Å². The van der Waals surface area contributed by atoms with Crippen LogP contribution in [0.1, 0.15) is 28.4 Å². The number of carboxylic acids is 1. The van der Waals surface area contributed by atoms with Crippen LogP contribution in [-0.2, 0) is 4.79 Å². The molecule has 0 saturated heterocycles. The molecular weight excluding hydrogens is 374 g/mol. The number of hydrogen-bond donors (Lipinski definition) is 3. The van der Waals surface area contributed by atoms with E-state index < -0.39 is 12.0 Å². The summed E-state index contributed by atoms with van der Waals surface area (Å²) in [5, 5.41) is 12.7. The summed E-state index contributed by atoms with van der Waals surface area (Å²) in [5.74, 6) is -1.34. The van der Waals surface area contributed by atoms with E-state index in [1.165, 1.54) is 6.20 Å². The Morgan fingerprint density at radius 2 is 1.96 bits per heavy atom. The van der Waals surface area contributed by atoms with Crippen LogP contribution in [0, 0.1) is 0 Å². The molecule has 3 N–H and O–H groups in total.